The fraction of sp³-hybridized carbons (Fsp3) is 0.176. The van der Waals surface area contributed by atoms with Crippen LogP contribution in [0.2, 0.25) is 5.02 Å². The zero-order valence-corrected chi connectivity index (χ0v) is 14.9. The van der Waals surface area contributed by atoms with E-state index in [-0.39, 0.29) is 12.3 Å². The summed E-state index contributed by atoms with van der Waals surface area (Å²) in [6.45, 7) is 2.62. The lowest BCUT2D eigenvalue weighted by atomic mass is 10.2. The van der Waals surface area contributed by atoms with Crippen LogP contribution in [0.3, 0.4) is 0 Å². The van der Waals surface area contributed by atoms with Gasteiger partial charge in [-0.3, -0.25) is 4.79 Å². The molecular formula is C17H15ClN2OS2. The Hall–Kier alpha value is -1.69. The summed E-state index contributed by atoms with van der Waals surface area (Å²) < 4.78 is 0. The molecule has 3 rings (SSSR count). The Balaban J connectivity index is 1.62. The molecule has 0 spiro atoms. The van der Waals surface area contributed by atoms with Gasteiger partial charge in [0.25, 0.3) is 0 Å². The van der Waals surface area contributed by atoms with Crippen LogP contribution in [0.4, 0.5) is 0 Å². The van der Waals surface area contributed by atoms with Gasteiger partial charge in [-0.2, -0.15) is 0 Å². The molecule has 2 aromatic heterocycles. The lowest BCUT2D eigenvalue weighted by molar-refractivity contribution is -0.120. The van der Waals surface area contributed by atoms with Crippen LogP contribution in [-0.4, -0.2) is 10.9 Å². The van der Waals surface area contributed by atoms with Crippen LogP contribution in [0.25, 0.3) is 10.6 Å². The molecule has 0 bridgehead atoms. The molecular weight excluding hydrogens is 348 g/mol. The summed E-state index contributed by atoms with van der Waals surface area (Å²) in [6, 6.07) is 9.65. The minimum atomic E-state index is -0.0196. The van der Waals surface area contributed by atoms with Gasteiger partial charge in [0.2, 0.25) is 5.91 Å². The number of aryl methyl sites for hydroxylation is 1. The highest BCUT2D eigenvalue weighted by Gasteiger charge is 2.11. The van der Waals surface area contributed by atoms with Gasteiger partial charge in [0, 0.05) is 15.8 Å². The zero-order valence-electron chi connectivity index (χ0n) is 12.5. The van der Waals surface area contributed by atoms with E-state index >= 15 is 0 Å². The number of nitrogens with zero attached hydrogens (tertiary/aromatic N) is 1. The molecule has 0 fully saturated rings. The maximum absolute atomic E-state index is 12.1. The van der Waals surface area contributed by atoms with Gasteiger partial charge in [-0.1, -0.05) is 29.8 Å². The molecule has 118 valence electrons. The molecule has 0 aliphatic rings. The van der Waals surface area contributed by atoms with Gasteiger partial charge in [-0.05, 0) is 30.0 Å². The van der Waals surface area contributed by atoms with Crippen molar-refractivity contribution in [2.45, 2.75) is 19.9 Å². The summed E-state index contributed by atoms with van der Waals surface area (Å²) in [7, 11) is 0. The summed E-state index contributed by atoms with van der Waals surface area (Å²) in [6.07, 6.45) is 0.283. The van der Waals surface area contributed by atoms with E-state index in [1.54, 1.807) is 11.3 Å². The van der Waals surface area contributed by atoms with Gasteiger partial charge >= 0.3 is 0 Å². The number of thiazole rings is 1. The number of nitrogens with one attached hydrogen (secondary N) is 1. The van der Waals surface area contributed by atoms with Crippen molar-refractivity contribution in [3.05, 3.63) is 62.2 Å². The molecule has 6 heteroatoms. The monoisotopic (exact) mass is 362 g/mol. The van der Waals surface area contributed by atoms with Gasteiger partial charge < -0.3 is 5.32 Å². The van der Waals surface area contributed by atoms with Crippen LogP contribution >= 0.6 is 34.3 Å². The first-order chi connectivity index (χ1) is 11.1. The molecule has 0 radical (unpaired) electrons. The maximum Gasteiger partial charge on any atom is 0.226 e. The lowest BCUT2D eigenvalue weighted by Crippen LogP contribution is -2.24. The number of halogens is 1. The number of carbonyl (C=O) groups excluding carboxylic acids is 1. The molecule has 3 nitrogen and oxygen atoms in total. The van der Waals surface area contributed by atoms with Crippen LogP contribution in [-0.2, 0) is 17.8 Å². The molecule has 2 heterocycles. The zero-order chi connectivity index (χ0) is 16.2. The van der Waals surface area contributed by atoms with Crippen LogP contribution in [0.5, 0.6) is 0 Å². The maximum atomic E-state index is 12.1. The van der Waals surface area contributed by atoms with Gasteiger partial charge in [-0.15, -0.1) is 22.7 Å². The largest absolute Gasteiger partial charge is 0.351 e. The van der Waals surface area contributed by atoms with Crippen molar-refractivity contribution >= 4 is 40.2 Å². The van der Waals surface area contributed by atoms with Crippen molar-refractivity contribution in [1.29, 1.82) is 0 Å². The Bertz CT molecular complexity index is 825. The normalized spacial score (nSPS) is 10.7. The highest BCUT2D eigenvalue weighted by Crippen LogP contribution is 2.30. The van der Waals surface area contributed by atoms with E-state index in [9.17, 15) is 4.79 Å². The summed E-state index contributed by atoms with van der Waals surface area (Å²) in [5.41, 5.74) is 2.88. The number of thiophene rings is 1. The number of amides is 1. The minimum absolute atomic E-state index is 0.0196. The van der Waals surface area contributed by atoms with E-state index in [0.29, 0.717) is 11.6 Å². The molecule has 0 aliphatic carbocycles. The number of aromatic nitrogens is 1. The predicted molar refractivity (Wildman–Crippen MR) is 97.2 cm³/mol. The molecule has 1 N–H and O–H groups in total. The molecule has 1 amide bonds. The fourth-order valence-corrected chi connectivity index (χ4v) is 4.12. The number of benzene rings is 1. The summed E-state index contributed by atoms with van der Waals surface area (Å²) in [5, 5.41) is 8.40. The molecule has 1 aromatic carbocycles. The average molecular weight is 363 g/mol. The minimum Gasteiger partial charge on any atom is -0.351 e. The number of hydrogen-bond acceptors (Lipinski definition) is 4. The molecule has 0 saturated carbocycles. The Morgan fingerprint density at radius 1 is 1.26 bits per heavy atom. The average Bonchev–Trinajstić information content (AvgIpc) is 3.15. The fourth-order valence-electron chi connectivity index (χ4n) is 2.14. The van der Waals surface area contributed by atoms with E-state index in [0.717, 1.165) is 16.3 Å². The van der Waals surface area contributed by atoms with Crippen molar-refractivity contribution in [2.24, 2.45) is 0 Å². The quantitative estimate of drug-likeness (QED) is 0.715. The van der Waals surface area contributed by atoms with E-state index in [2.05, 4.69) is 16.4 Å². The SMILES string of the molecule is Cc1ccsc1CNC(=O)Cc1csc(-c2ccccc2Cl)n1. The molecule has 3 aromatic rings. The molecule has 0 saturated heterocycles. The topological polar surface area (TPSA) is 42.0 Å². The molecule has 23 heavy (non-hydrogen) atoms. The van der Waals surface area contributed by atoms with Crippen LogP contribution in [0.15, 0.2) is 41.1 Å². The van der Waals surface area contributed by atoms with Crippen LogP contribution in [0.1, 0.15) is 16.1 Å². The van der Waals surface area contributed by atoms with Crippen molar-refractivity contribution in [3.63, 3.8) is 0 Å². The predicted octanol–water partition coefficient (Wildman–Crippen LogP) is 4.69. The third kappa shape index (κ3) is 3.99. The van der Waals surface area contributed by atoms with Gasteiger partial charge in [0.05, 0.1) is 23.7 Å². The molecule has 0 unspecified atom stereocenters. The molecule has 0 aliphatic heterocycles. The summed E-state index contributed by atoms with van der Waals surface area (Å²) >= 11 is 9.35. The summed E-state index contributed by atoms with van der Waals surface area (Å²) in [5.74, 6) is -0.0196. The first-order valence-electron chi connectivity index (χ1n) is 7.12. The van der Waals surface area contributed by atoms with Gasteiger partial charge in [0.1, 0.15) is 5.01 Å². The van der Waals surface area contributed by atoms with Crippen molar-refractivity contribution in [2.75, 3.05) is 0 Å². The Labute approximate surface area is 148 Å². The van der Waals surface area contributed by atoms with E-state index in [4.69, 9.17) is 11.6 Å². The smallest absolute Gasteiger partial charge is 0.226 e. The second kappa shape index (κ2) is 7.25. The van der Waals surface area contributed by atoms with E-state index < -0.39 is 0 Å². The first kappa shape index (κ1) is 16.2. The van der Waals surface area contributed by atoms with Crippen molar-refractivity contribution in [1.82, 2.24) is 10.3 Å². The molecule has 0 atom stereocenters. The Morgan fingerprint density at radius 3 is 2.83 bits per heavy atom. The number of rotatable bonds is 5. The summed E-state index contributed by atoms with van der Waals surface area (Å²) in [4.78, 5) is 17.8. The first-order valence-corrected chi connectivity index (χ1v) is 9.26. The Morgan fingerprint density at radius 2 is 2.09 bits per heavy atom. The number of carbonyl (C=O) groups is 1. The van der Waals surface area contributed by atoms with E-state index in [1.165, 1.54) is 21.8 Å². The van der Waals surface area contributed by atoms with Crippen molar-refractivity contribution < 1.29 is 4.79 Å². The Kier molecular flexibility index (Phi) is 5.10. The number of hydrogen-bond donors (Lipinski definition) is 1. The van der Waals surface area contributed by atoms with Gasteiger partial charge in [-0.25, -0.2) is 4.98 Å². The van der Waals surface area contributed by atoms with E-state index in [1.807, 2.05) is 41.9 Å². The highest BCUT2D eigenvalue weighted by atomic mass is 35.5. The third-order valence-electron chi connectivity index (χ3n) is 3.41. The second-order valence-corrected chi connectivity index (χ2v) is 7.37. The van der Waals surface area contributed by atoms with Gasteiger partial charge in [0.15, 0.2) is 0 Å². The second-order valence-electron chi connectivity index (χ2n) is 5.10. The highest BCUT2D eigenvalue weighted by molar-refractivity contribution is 7.13. The van der Waals surface area contributed by atoms with Crippen LogP contribution in [0, 0.1) is 6.92 Å². The standard InChI is InChI=1S/C17H15ClN2OS2/c1-11-6-7-22-15(11)9-19-16(21)8-12-10-23-17(20-12)13-4-2-3-5-14(13)18/h2-7,10H,8-9H2,1H3,(H,19,21). The van der Waals surface area contributed by atoms with Crippen LogP contribution < -0.4 is 5.32 Å². The third-order valence-corrected chi connectivity index (χ3v) is 5.69. The lowest BCUT2D eigenvalue weighted by Gasteiger charge is -2.03. The van der Waals surface area contributed by atoms with Crippen molar-refractivity contribution in [3.8, 4) is 10.6 Å².